The van der Waals surface area contributed by atoms with Crippen LogP contribution < -0.4 is 31.0 Å². The first-order valence-corrected chi connectivity index (χ1v) is 7.54. The Balaban J connectivity index is 2.00. The molecular weight excluding hydrogens is 308 g/mol. The maximum Gasteiger partial charge on any atom is 0.341 e. The van der Waals surface area contributed by atoms with E-state index in [0.717, 1.165) is 16.8 Å². The molecule has 24 heavy (non-hydrogen) atoms. The predicted octanol–water partition coefficient (Wildman–Crippen LogP) is 2.22. The Bertz CT molecular complexity index is 763. The van der Waals surface area contributed by atoms with E-state index in [-0.39, 0.29) is 6.03 Å². The summed E-state index contributed by atoms with van der Waals surface area (Å²) in [5.41, 5.74) is 12.3. The van der Waals surface area contributed by atoms with E-state index in [1.165, 1.54) is 5.01 Å². The number of nitrogens with one attached hydrogen (secondary N) is 2. The van der Waals surface area contributed by atoms with Gasteiger partial charge in [0.15, 0.2) is 0 Å². The van der Waals surface area contributed by atoms with Crippen molar-refractivity contribution in [1.29, 1.82) is 0 Å². The quantitative estimate of drug-likeness (QED) is 0.783. The lowest BCUT2D eigenvalue weighted by Gasteiger charge is -2.31. The number of hydrogen-bond acceptors (Lipinski definition) is 5. The largest absolute Gasteiger partial charge is 0.497 e. The zero-order valence-corrected chi connectivity index (χ0v) is 13.6. The standard InChI is InChI=1S/C17H20N4O3/c1-23-13-5-3-11(9-18)15(7-13)20-21-16-8-14(24-2)6-4-12(16)10-19-17(21)22/h3-8,20H,9-10,18H2,1-2H3,(H,19,22). The van der Waals surface area contributed by atoms with E-state index in [2.05, 4.69) is 10.7 Å². The van der Waals surface area contributed by atoms with E-state index in [1.54, 1.807) is 14.2 Å². The van der Waals surface area contributed by atoms with E-state index < -0.39 is 0 Å². The summed E-state index contributed by atoms with van der Waals surface area (Å²) in [5.74, 6) is 1.36. The number of carbonyl (C=O) groups is 1. The van der Waals surface area contributed by atoms with Crippen molar-refractivity contribution in [2.75, 3.05) is 24.7 Å². The normalized spacial score (nSPS) is 13.1. The summed E-state index contributed by atoms with van der Waals surface area (Å²) in [4.78, 5) is 12.4. The molecule has 7 nitrogen and oxygen atoms in total. The zero-order chi connectivity index (χ0) is 17.1. The summed E-state index contributed by atoms with van der Waals surface area (Å²) in [7, 11) is 3.19. The number of nitrogens with zero attached hydrogens (tertiary/aromatic N) is 1. The van der Waals surface area contributed by atoms with Crippen molar-refractivity contribution in [2.45, 2.75) is 13.1 Å². The first-order valence-electron chi connectivity index (χ1n) is 7.54. The first-order chi connectivity index (χ1) is 11.7. The predicted molar refractivity (Wildman–Crippen MR) is 92.2 cm³/mol. The van der Waals surface area contributed by atoms with Crippen molar-refractivity contribution in [3.05, 3.63) is 47.5 Å². The van der Waals surface area contributed by atoms with Gasteiger partial charge in [0.2, 0.25) is 0 Å². The van der Waals surface area contributed by atoms with E-state index in [0.29, 0.717) is 30.3 Å². The molecule has 0 saturated carbocycles. The summed E-state index contributed by atoms with van der Waals surface area (Å²) in [6.07, 6.45) is 0. The third-order valence-corrected chi connectivity index (χ3v) is 3.94. The lowest BCUT2D eigenvalue weighted by molar-refractivity contribution is 0.246. The Morgan fingerprint density at radius 1 is 1.17 bits per heavy atom. The third kappa shape index (κ3) is 2.93. The summed E-state index contributed by atoms with van der Waals surface area (Å²) < 4.78 is 10.5. The van der Waals surface area contributed by atoms with Crippen LogP contribution in [0.25, 0.3) is 0 Å². The van der Waals surface area contributed by atoms with Crippen LogP contribution in [0.15, 0.2) is 36.4 Å². The van der Waals surface area contributed by atoms with Gasteiger partial charge in [-0.3, -0.25) is 5.43 Å². The number of hydrazine groups is 1. The molecule has 7 heteroatoms. The highest BCUT2D eigenvalue weighted by Crippen LogP contribution is 2.31. The molecule has 0 spiro atoms. The number of hydrogen-bond donors (Lipinski definition) is 3. The summed E-state index contributed by atoms with van der Waals surface area (Å²) >= 11 is 0. The maximum absolute atomic E-state index is 12.4. The second-order valence-corrected chi connectivity index (χ2v) is 5.33. The van der Waals surface area contributed by atoms with Gasteiger partial charge in [-0.15, -0.1) is 0 Å². The first kappa shape index (κ1) is 15.9. The number of methoxy groups -OCH3 is 2. The number of carbonyl (C=O) groups excluding carboxylic acids is 1. The van der Waals surface area contributed by atoms with Crippen LogP contribution in [0.1, 0.15) is 11.1 Å². The van der Waals surface area contributed by atoms with Crippen LogP contribution >= 0.6 is 0 Å². The van der Waals surface area contributed by atoms with Crippen LogP contribution in [0.4, 0.5) is 16.2 Å². The molecule has 1 aliphatic rings. The van der Waals surface area contributed by atoms with Crippen molar-refractivity contribution in [1.82, 2.24) is 5.32 Å². The molecule has 0 saturated heterocycles. The maximum atomic E-state index is 12.4. The Hall–Kier alpha value is -2.93. The minimum atomic E-state index is -0.249. The van der Waals surface area contributed by atoms with Crippen molar-refractivity contribution < 1.29 is 14.3 Å². The van der Waals surface area contributed by atoms with Crippen LogP contribution in [0.2, 0.25) is 0 Å². The highest BCUT2D eigenvalue weighted by atomic mass is 16.5. The Kier molecular flexibility index (Phi) is 4.43. The monoisotopic (exact) mass is 328 g/mol. The van der Waals surface area contributed by atoms with Crippen molar-refractivity contribution in [2.24, 2.45) is 5.73 Å². The van der Waals surface area contributed by atoms with Crippen molar-refractivity contribution in [3.63, 3.8) is 0 Å². The van der Waals surface area contributed by atoms with Gasteiger partial charge in [0.25, 0.3) is 0 Å². The number of ether oxygens (including phenoxy) is 2. The Morgan fingerprint density at radius 3 is 2.58 bits per heavy atom. The molecule has 0 bridgehead atoms. The molecule has 1 heterocycles. The topological polar surface area (TPSA) is 88.9 Å². The molecule has 4 N–H and O–H groups in total. The average Bonchev–Trinajstić information content (AvgIpc) is 2.63. The highest BCUT2D eigenvalue weighted by Gasteiger charge is 2.25. The van der Waals surface area contributed by atoms with E-state index >= 15 is 0 Å². The molecule has 2 amide bonds. The lowest BCUT2D eigenvalue weighted by Crippen LogP contribution is -2.47. The average molecular weight is 328 g/mol. The fraction of sp³-hybridized carbons (Fsp3) is 0.235. The number of benzene rings is 2. The van der Waals surface area contributed by atoms with Gasteiger partial charge < -0.3 is 20.5 Å². The lowest BCUT2D eigenvalue weighted by atomic mass is 10.1. The SMILES string of the molecule is COc1ccc(CN)c(NN2C(=O)NCc3ccc(OC)cc32)c1. The molecule has 126 valence electrons. The van der Waals surface area contributed by atoms with Gasteiger partial charge in [0, 0.05) is 25.2 Å². The second-order valence-electron chi connectivity index (χ2n) is 5.33. The van der Waals surface area contributed by atoms with Crippen LogP contribution in [0.5, 0.6) is 11.5 Å². The zero-order valence-electron chi connectivity index (χ0n) is 13.6. The van der Waals surface area contributed by atoms with E-state index in [9.17, 15) is 4.79 Å². The third-order valence-electron chi connectivity index (χ3n) is 3.94. The number of fused-ring (bicyclic) bond motifs is 1. The molecule has 0 aromatic heterocycles. The molecule has 0 fully saturated rings. The number of nitrogens with two attached hydrogens (primary N) is 1. The minimum Gasteiger partial charge on any atom is -0.497 e. The van der Waals surface area contributed by atoms with Crippen LogP contribution in [-0.4, -0.2) is 20.3 Å². The number of urea groups is 1. The van der Waals surface area contributed by atoms with Crippen molar-refractivity contribution >= 4 is 17.4 Å². The Labute approximate surface area is 140 Å². The van der Waals surface area contributed by atoms with Gasteiger partial charge in [0.05, 0.1) is 25.6 Å². The molecule has 0 radical (unpaired) electrons. The molecule has 2 aromatic carbocycles. The van der Waals surface area contributed by atoms with Gasteiger partial charge >= 0.3 is 6.03 Å². The summed E-state index contributed by atoms with van der Waals surface area (Å²) in [5, 5.41) is 4.29. The van der Waals surface area contributed by atoms with Crippen LogP contribution in [0, 0.1) is 0 Å². The van der Waals surface area contributed by atoms with Gasteiger partial charge in [-0.05, 0) is 23.3 Å². The fourth-order valence-electron chi connectivity index (χ4n) is 2.58. The second kappa shape index (κ2) is 6.67. The molecule has 0 unspecified atom stereocenters. The summed E-state index contributed by atoms with van der Waals surface area (Å²) in [6.45, 7) is 0.810. The van der Waals surface area contributed by atoms with Gasteiger partial charge in [-0.25, -0.2) is 9.80 Å². The fourth-order valence-corrected chi connectivity index (χ4v) is 2.58. The molecule has 0 aliphatic carbocycles. The molecule has 0 atom stereocenters. The van der Waals surface area contributed by atoms with Crippen LogP contribution in [-0.2, 0) is 13.1 Å². The summed E-state index contributed by atoms with van der Waals surface area (Å²) in [6, 6.07) is 10.9. The number of amides is 2. The van der Waals surface area contributed by atoms with Crippen LogP contribution in [0.3, 0.4) is 0 Å². The van der Waals surface area contributed by atoms with E-state index in [1.807, 2.05) is 36.4 Å². The molecule has 2 aromatic rings. The minimum absolute atomic E-state index is 0.249. The number of anilines is 2. The molecule has 1 aliphatic heterocycles. The highest BCUT2D eigenvalue weighted by molar-refractivity contribution is 5.97. The van der Waals surface area contributed by atoms with Gasteiger partial charge in [-0.2, -0.15) is 0 Å². The smallest absolute Gasteiger partial charge is 0.341 e. The Morgan fingerprint density at radius 2 is 1.88 bits per heavy atom. The molecule has 3 rings (SSSR count). The van der Waals surface area contributed by atoms with Gasteiger partial charge in [-0.1, -0.05) is 12.1 Å². The van der Waals surface area contributed by atoms with Gasteiger partial charge in [0.1, 0.15) is 11.5 Å². The molecular formula is C17H20N4O3. The van der Waals surface area contributed by atoms with E-state index in [4.69, 9.17) is 15.2 Å². The number of rotatable bonds is 5. The van der Waals surface area contributed by atoms with Crippen molar-refractivity contribution in [3.8, 4) is 11.5 Å².